The van der Waals surface area contributed by atoms with E-state index in [1.165, 1.54) is 45.4 Å². The highest BCUT2D eigenvalue weighted by Crippen LogP contribution is 2.61. The van der Waals surface area contributed by atoms with Crippen molar-refractivity contribution < 1.29 is 9.59 Å². The molecule has 26 heavy (non-hydrogen) atoms. The van der Waals surface area contributed by atoms with Crippen LogP contribution in [0.25, 0.3) is 0 Å². The van der Waals surface area contributed by atoms with Crippen molar-refractivity contribution in [3.8, 4) is 0 Å². The number of benzene rings is 1. The standard InChI is InChI=1S/C22H30N2O2/c1-14(22-10-17-7-18(11-22)9-19(8-17)12-22)24-21(26)20-5-3-16(4-6-20)13-23-15(2)25/h3-6,14,17-19H,7-13H2,1-2H3,(H,23,25)(H,24,26). The molecular formula is C22H30N2O2. The Morgan fingerprint density at radius 3 is 2.08 bits per heavy atom. The van der Waals surface area contributed by atoms with Crippen molar-refractivity contribution >= 4 is 11.8 Å². The van der Waals surface area contributed by atoms with Crippen LogP contribution < -0.4 is 10.6 Å². The predicted molar refractivity (Wildman–Crippen MR) is 101 cm³/mol. The second-order valence-electron chi connectivity index (χ2n) is 9.08. The van der Waals surface area contributed by atoms with Crippen molar-refractivity contribution in [2.24, 2.45) is 23.2 Å². The topological polar surface area (TPSA) is 58.2 Å². The van der Waals surface area contributed by atoms with E-state index >= 15 is 0 Å². The monoisotopic (exact) mass is 354 g/mol. The fourth-order valence-corrected chi connectivity index (χ4v) is 6.14. The molecule has 1 aromatic carbocycles. The molecule has 0 radical (unpaired) electrons. The zero-order chi connectivity index (χ0) is 18.3. The molecule has 0 aromatic heterocycles. The summed E-state index contributed by atoms with van der Waals surface area (Å²) in [6, 6.07) is 7.79. The Hall–Kier alpha value is -1.84. The number of hydrogen-bond donors (Lipinski definition) is 2. The van der Waals surface area contributed by atoms with Gasteiger partial charge in [-0.25, -0.2) is 0 Å². The van der Waals surface area contributed by atoms with E-state index in [0.29, 0.717) is 17.5 Å². The predicted octanol–water partition coefficient (Wildman–Crippen LogP) is 3.66. The van der Waals surface area contributed by atoms with Crippen LogP contribution in [0.15, 0.2) is 24.3 Å². The van der Waals surface area contributed by atoms with Crippen molar-refractivity contribution in [1.82, 2.24) is 10.6 Å². The minimum absolute atomic E-state index is 0.0272. The fourth-order valence-electron chi connectivity index (χ4n) is 6.14. The first-order chi connectivity index (χ1) is 12.4. The van der Waals surface area contributed by atoms with Crippen LogP contribution in [0.1, 0.15) is 68.3 Å². The molecule has 0 heterocycles. The quantitative estimate of drug-likeness (QED) is 0.848. The van der Waals surface area contributed by atoms with Gasteiger partial charge < -0.3 is 10.6 Å². The van der Waals surface area contributed by atoms with Crippen molar-refractivity contribution in [2.75, 3.05) is 0 Å². The van der Waals surface area contributed by atoms with E-state index in [0.717, 1.165) is 23.3 Å². The van der Waals surface area contributed by atoms with E-state index in [1.807, 2.05) is 24.3 Å². The maximum absolute atomic E-state index is 12.7. The molecule has 0 saturated heterocycles. The molecule has 140 valence electrons. The Morgan fingerprint density at radius 2 is 1.58 bits per heavy atom. The van der Waals surface area contributed by atoms with E-state index in [1.54, 1.807) is 0 Å². The van der Waals surface area contributed by atoms with E-state index in [2.05, 4.69) is 17.6 Å². The van der Waals surface area contributed by atoms with Crippen molar-refractivity contribution in [1.29, 1.82) is 0 Å². The van der Waals surface area contributed by atoms with E-state index in [4.69, 9.17) is 0 Å². The summed E-state index contributed by atoms with van der Waals surface area (Å²) >= 11 is 0. The Kier molecular flexibility index (Phi) is 4.54. The van der Waals surface area contributed by atoms with Crippen LogP contribution in [0.2, 0.25) is 0 Å². The zero-order valence-electron chi connectivity index (χ0n) is 15.9. The van der Waals surface area contributed by atoms with Gasteiger partial charge in [0.2, 0.25) is 5.91 Å². The maximum atomic E-state index is 12.7. The molecule has 4 heteroatoms. The molecular weight excluding hydrogens is 324 g/mol. The average molecular weight is 354 g/mol. The molecule has 1 unspecified atom stereocenters. The molecule has 4 aliphatic rings. The maximum Gasteiger partial charge on any atom is 0.251 e. The van der Waals surface area contributed by atoms with Gasteiger partial charge >= 0.3 is 0 Å². The SMILES string of the molecule is CC(=O)NCc1ccc(C(=O)NC(C)C23CC4CC(CC(C4)C2)C3)cc1. The number of hydrogen-bond acceptors (Lipinski definition) is 2. The lowest BCUT2D eigenvalue weighted by Crippen LogP contribution is -2.55. The minimum Gasteiger partial charge on any atom is -0.352 e. The third kappa shape index (κ3) is 3.38. The Morgan fingerprint density at radius 1 is 1.04 bits per heavy atom. The molecule has 4 nitrogen and oxygen atoms in total. The van der Waals surface area contributed by atoms with E-state index < -0.39 is 0 Å². The molecule has 1 aromatic rings. The lowest BCUT2D eigenvalue weighted by atomic mass is 9.48. The zero-order valence-corrected chi connectivity index (χ0v) is 15.9. The minimum atomic E-state index is -0.0452. The van der Waals surface area contributed by atoms with Gasteiger partial charge in [-0.2, -0.15) is 0 Å². The highest BCUT2D eigenvalue weighted by Gasteiger charge is 2.53. The number of carbonyl (C=O) groups is 2. The van der Waals surface area contributed by atoms with Gasteiger partial charge in [0.05, 0.1) is 0 Å². The van der Waals surface area contributed by atoms with Crippen LogP contribution >= 0.6 is 0 Å². The summed E-state index contributed by atoms with van der Waals surface area (Å²) in [7, 11) is 0. The Labute approximate surface area is 156 Å². The normalized spacial score (nSPS) is 32.9. The molecule has 4 fully saturated rings. The highest BCUT2D eigenvalue weighted by molar-refractivity contribution is 5.94. The van der Waals surface area contributed by atoms with Gasteiger partial charge in [-0.05, 0) is 86.3 Å². The van der Waals surface area contributed by atoms with Crippen LogP contribution in [0, 0.1) is 23.2 Å². The second kappa shape index (κ2) is 6.71. The largest absolute Gasteiger partial charge is 0.352 e. The Balaban J connectivity index is 1.39. The van der Waals surface area contributed by atoms with Gasteiger partial charge in [0.1, 0.15) is 0 Å². The first-order valence-electron chi connectivity index (χ1n) is 10.1. The van der Waals surface area contributed by atoms with Crippen molar-refractivity contribution in [2.45, 2.75) is 65.0 Å². The number of nitrogens with one attached hydrogen (secondary N) is 2. The van der Waals surface area contributed by atoms with Gasteiger partial charge in [0, 0.05) is 25.1 Å². The summed E-state index contributed by atoms with van der Waals surface area (Å²) < 4.78 is 0. The summed E-state index contributed by atoms with van der Waals surface area (Å²) in [5.41, 5.74) is 2.04. The average Bonchev–Trinajstić information content (AvgIpc) is 2.59. The summed E-state index contributed by atoms with van der Waals surface area (Å²) in [5.74, 6) is 2.67. The summed E-state index contributed by atoms with van der Waals surface area (Å²) in [6.45, 7) is 4.23. The lowest BCUT2D eigenvalue weighted by Gasteiger charge is -2.59. The first kappa shape index (κ1) is 17.6. The molecule has 2 N–H and O–H groups in total. The second-order valence-corrected chi connectivity index (χ2v) is 9.08. The first-order valence-corrected chi connectivity index (χ1v) is 10.1. The Bertz CT molecular complexity index is 659. The van der Waals surface area contributed by atoms with Crippen LogP contribution in [0.4, 0.5) is 0 Å². The highest BCUT2D eigenvalue weighted by atomic mass is 16.2. The summed E-state index contributed by atoms with van der Waals surface area (Å²) in [4.78, 5) is 23.7. The van der Waals surface area contributed by atoms with Crippen molar-refractivity contribution in [3.05, 3.63) is 35.4 Å². The van der Waals surface area contributed by atoms with E-state index in [9.17, 15) is 9.59 Å². The number of amides is 2. The molecule has 1 atom stereocenters. The third-order valence-electron chi connectivity index (χ3n) is 7.11. The fraction of sp³-hybridized carbons (Fsp3) is 0.636. The molecule has 2 amide bonds. The van der Waals surface area contributed by atoms with Crippen LogP contribution in [-0.4, -0.2) is 17.9 Å². The number of carbonyl (C=O) groups excluding carboxylic acids is 2. The summed E-state index contributed by atoms with van der Waals surface area (Å²) in [5, 5.41) is 6.09. The molecule has 4 bridgehead atoms. The van der Waals surface area contributed by atoms with Gasteiger partial charge in [0.25, 0.3) is 5.91 Å². The van der Waals surface area contributed by atoms with Gasteiger partial charge in [-0.15, -0.1) is 0 Å². The lowest BCUT2D eigenvalue weighted by molar-refractivity contribution is -0.119. The van der Waals surface area contributed by atoms with Gasteiger partial charge in [0.15, 0.2) is 0 Å². The van der Waals surface area contributed by atoms with Crippen LogP contribution in [-0.2, 0) is 11.3 Å². The molecule has 5 rings (SSSR count). The molecule has 4 aliphatic carbocycles. The molecule has 0 spiro atoms. The van der Waals surface area contributed by atoms with E-state index in [-0.39, 0.29) is 17.9 Å². The molecule has 0 aliphatic heterocycles. The third-order valence-corrected chi connectivity index (χ3v) is 7.11. The van der Waals surface area contributed by atoms with Crippen molar-refractivity contribution in [3.63, 3.8) is 0 Å². The smallest absolute Gasteiger partial charge is 0.251 e. The van der Waals surface area contributed by atoms with Gasteiger partial charge in [-0.1, -0.05) is 12.1 Å². The van der Waals surface area contributed by atoms with Crippen LogP contribution in [0.3, 0.4) is 0 Å². The van der Waals surface area contributed by atoms with Gasteiger partial charge in [-0.3, -0.25) is 9.59 Å². The van der Waals surface area contributed by atoms with Crippen LogP contribution in [0.5, 0.6) is 0 Å². The number of rotatable bonds is 5. The summed E-state index contributed by atoms with van der Waals surface area (Å²) in [6.07, 6.45) is 8.18. The molecule has 4 saturated carbocycles.